The molecule has 1 amide bonds. The minimum absolute atomic E-state index is 0. The molecule has 0 aliphatic carbocycles. The quantitative estimate of drug-likeness (QED) is 0.744. The molecule has 1 aromatic carbocycles. The lowest BCUT2D eigenvalue weighted by atomic mass is 9.86. The van der Waals surface area contributed by atoms with Crippen molar-refractivity contribution in [2.45, 2.75) is 51.8 Å². The normalized spacial score (nSPS) is 21.0. The molecule has 1 aliphatic rings. The van der Waals surface area contributed by atoms with Gasteiger partial charge in [-0.1, -0.05) is 51.1 Å². The second kappa shape index (κ2) is 8.42. The number of aromatic nitrogens is 2. The van der Waals surface area contributed by atoms with Gasteiger partial charge in [0.05, 0.1) is 18.2 Å². The number of aromatic amines is 1. The molecule has 2 heterocycles. The number of nitrogens with zero attached hydrogens (tertiary/aromatic N) is 2. The van der Waals surface area contributed by atoms with Crippen molar-refractivity contribution >= 4 is 18.3 Å². The molecule has 1 saturated heterocycles. The Morgan fingerprint density at radius 2 is 2.04 bits per heavy atom. The highest BCUT2D eigenvalue weighted by atomic mass is 35.5. The van der Waals surface area contributed by atoms with Gasteiger partial charge in [0.25, 0.3) is 0 Å². The zero-order valence-electron chi connectivity index (χ0n) is 16.1. The largest absolute Gasteiger partial charge is 0.391 e. The fourth-order valence-electron chi connectivity index (χ4n) is 3.32. The number of carbonyl (C=O) groups is 1. The van der Waals surface area contributed by atoms with Gasteiger partial charge in [0.15, 0.2) is 0 Å². The van der Waals surface area contributed by atoms with E-state index in [2.05, 4.69) is 22.1 Å². The van der Waals surface area contributed by atoms with E-state index in [-0.39, 0.29) is 29.8 Å². The van der Waals surface area contributed by atoms with E-state index in [0.717, 1.165) is 12.1 Å². The summed E-state index contributed by atoms with van der Waals surface area (Å²) in [6.07, 6.45) is 2.47. The number of nitrogens with two attached hydrogens (primary N) is 1. The van der Waals surface area contributed by atoms with E-state index >= 15 is 0 Å². The van der Waals surface area contributed by atoms with Crippen molar-refractivity contribution in [3.8, 4) is 0 Å². The monoisotopic (exact) mass is 392 g/mol. The maximum absolute atomic E-state index is 12.9. The minimum Gasteiger partial charge on any atom is -0.391 e. The number of β-amino-alcohol motifs (C(OH)–C–C–N with tert-alkyl or cyclic N) is 1. The summed E-state index contributed by atoms with van der Waals surface area (Å²) in [5.74, 6) is 0.571. The number of halogens is 1. The number of aliphatic hydroxyl groups is 1. The molecule has 1 fully saturated rings. The van der Waals surface area contributed by atoms with Crippen molar-refractivity contribution in [2.75, 3.05) is 6.54 Å². The predicted octanol–water partition coefficient (Wildman–Crippen LogP) is 2.43. The van der Waals surface area contributed by atoms with Gasteiger partial charge in [0.1, 0.15) is 5.82 Å². The van der Waals surface area contributed by atoms with Crippen LogP contribution in [-0.2, 0) is 11.2 Å². The third-order valence-corrected chi connectivity index (χ3v) is 4.96. The molecule has 4 N–H and O–H groups in total. The molecule has 27 heavy (non-hydrogen) atoms. The number of carbonyl (C=O) groups excluding carboxylic acids is 1. The lowest BCUT2D eigenvalue weighted by Crippen LogP contribution is -2.50. The first kappa shape index (κ1) is 21.4. The van der Waals surface area contributed by atoms with E-state index in [4.69, 9.17) is 5.73 Å². The highest BCUT2D eigenvalue weighted by Crippen LogP contribution is 2.33. The number of hydrogen-bond donors (Lipinski definition) is 3. The summed E-state index contributed by atoms with van der Waals surface area (Å²) in [6.45, 7) is 6.13. The zero-order valence-corrected chi connectivity index (χ0v) is 16.9. The van der Waals surface area contributed by atoms with Gasteiger partial charge in [0, 0.05) is 31.3 Å². The number of aliphatic hydroxyl groups excluding tert-OH is 1. The molecule has 6 nitrogen and oxygen atoms in total. The molecule has 7 heteroatoms. The van der Waals surface area contributed by atoms with Crippen molar-refractivity contribution in [2.24, 2.45) is 11.1 Å². The topological polar surface area (TPSA) is 95.2 Å². The fraction of sp³-hybridized carbons (Fsp3) is 0.500. The van der Waals surface area contributed by atoms with Gasteiger partial charge in [-0.2, -0.15) is 0 Å². The van der Waals surface area contributed by atoms with Crippen LogP contribution in [0.2, 0.25) is 0 Å². The Labute approximate surface area is 166 Å². The zero-order chi connectivity index (χ0) is 18.9. The number of amides is 1. The van der Waals surface area contributed by atoms with E-state index in [1.54, 1.807) is 11.1 Å². The highest BCUT2D eigenvalue weighted by molar-refractivity contribution is 5.85. The summed E-state index contributed by atoms with van der Waals surface area (Å²) in [7, 11) is 0. The van der Waals surface area contributed by atoms with Crippen molar-refractivity contribution in [3.63, 3.8) is 0 Å². The fourth-order valence-corrected chi connectivity index (χ4v) is 3.32. The van der Waals surface area contributed by atoms with Gasteiger partial charge in [0.2, 0.25) is 5.91 Å². The number of hydrogen-bond acceptors (Lipinski definition) is 4. The third kappa shape index (κ3) is 4.89. The summed E-state index contributed by atoms with van der Waals surface area (Å²) in [6, 6.07) is 9.26. The van der Waals surface area contributed by atoms with Crippen LogP contribution in [-0.4, -0.2) is 44.6 Å². The van der Waals surface area contributed by atoms with E-state index in [0.29, 0.717) is 18.8 Å². The van der Waals surface area contributed by atoms with E-state index in [1.165, 1.54) is 5.56 Å². The predicted molar refractivity (Wildman–Crippen MR) is 108 cm³/mol. The first-order valence-corrected chi connectivity index (χ1v) is 9.07. The number of nitrogens with one attached hydrogen (secondary N) is 1. The molecule has 148 valence electrons. The summed E-state index contributed by atoms with van der Waals surface area (Å²) in [4.78, 5) is 22.4. The van der Waals surface area contributed by atoms with Crippen molar-refractivity contribution in [1.82, 2.24) is 14.9 Å². The molecule has 0 bridgehead atoms. The molecular weight excluding hydrogens is 364 g/mol. The van der Waals surface area contributed by atoms with Gasteiger partial charge in [-0.3, -0.25) is 4.79 Å². The second-order valence-electron chi connectivity index (χ2n) is 8.20. The number of benzene rings is 1. The van der Waals surface area contributed by atoms with Gasteiger partial charge >= 0.3 is 0 Å². The van der Waals surface area contributed by atoms with Crippen LogP contribution in [0, 0.1) is 5.41 Å². The van der Waals surface area contributed by atoms with Crippen LogP contribution in [0.3, 0.4) is 0 Å². The van der Waals surface area contributed by atoms with Crippen molar-refractivity contribution in [1.29, 1.82) is 0 Å². The Hall–Kier alpha value is -1.89. The number of rotatable bonds is 4. The molecule has 3 rings (SSSR count). The SMILES string of the molecule is CC(C)(C)C(N)C(=O)N1C[C@H](O)C[C@H]1c1ncc(Cc2ccccc2)[nH]1.Cl. The second-order valence-corrected chi connectivity index (χ2v) is 8.20. The third-order valence-electron chi connectivity index (χ3n) is 4.96. The van der Waals surface area contributed by atoms with Gasteiger partial charge in [-0.25, -0.2) is 4.98 Å². The average Bonchev–Trinajstić information content (AvgIpc) is 3.20. The lowest BCUT2D eigenvalue weighted by Gasteiger charge is -2.32. The van der Waals surface area contributed by atoms with E-state index in [9.17, 15) is 9.90 Å². The molecular formula is C20H29ClN4O2. The summed E-state index contributed by atoms with van der Waals surface area (Å²) in [5.41, 5.74) is 8.00. The molecule has 0 saturated carbocycles. The van der Waals surface area contributed by atoms with E-state index < -0.39 is 12.1 Å². The first-order chi connectivity index (χ1) is 12.3. The highest BCUT2D eigenvalue weighted by Gasteiger charge is 2.41. The molecule has 1 aliphatic heterocycles. The Morgan fingerprint density at radius 3 is 2.67 bits per heavy atom. The molecule has 1 unspecified atom stereocenters. The number of H-pyrrole nitrogens is 1. The Balaban J connectivity index is 0.00000261. The van der Waals surface area contributed by atoms with E-state index in [1.807, 2.05) is 39.0 Å². The minimum atomic E-state index is -0.617. The molecule has 2 aromatic rings. The Kier molecular flexibility index (Phi) is 6.68. The maximum atomic E-state index is 12.9. The summed E-state index contributed by atoms with van der Waals surface area (Å²) < 4.78 is 0. The smallest absolute Gasteiger partial charge is 0.240 e. The molecule has 1 aromatic heterocycles. The summed E-state index contributed by atoms with van der Waals surface area (Å²) >= 11 is 0. The average molecular weight is 393 g/mol. The Bertz CT molecular complexity index is 757. The van der Waals surface area contributed by atoms with Crippen LogP contribution < -0.4 is 5.73 Å². The standard InChI is InChI=1S/C20H28N4O2.ClH/c1-20(2,3)17(21)19(26)24-12-15(25)10-16(24)18-22-11-14(23-18)9-13-7-5-4-6-8-13;/h4-8,11,15-17,25H,9-10,12,21H2,1-3H3,(H,22,23);1H/t15-,16+,17?;/m1./s1. The molecule has 0 spiro atoms. The Morgan fingerprint density at radius 1 is 1.37 bits per heavy atom. The van der Waals surface area contributed by atoms with Crippen molar-refractivity contribution < 1.29 is 9.90 Å². The van der Waals surface area contributed by atoms with Crippen LogP contribution in [0.15, 0.2) is 36.5 Å². The van der Waals surface area contributed by atoms with Gasteiger partial charge in [-0.15, -0.1) is 12.4 Å². The van der Waals surface area contributed by atoms with Crippen LogP contribution in [0.4, 0.5) is 0 Å². The van der Waals surface area contributed by atoms with Crippen LogP contribution in [0.5, 0.6) is 0 Å². The number of imidazole rings is 1. The van der Waals surface area contributed by atoms with Crippen LogP contribution in [0.25, 0.3) is 0 Å². The lowest BCUT2D eigenvalue weighted by molar-refractivity contribution is -0.136. The molecule has 3 atom stereocenters. The maximum Gasteiger partial charge on any atom is 0.240 e. The number of likely N-dealkylation sites (tertiary alicyclic amines) is 1. The van der Waals surface area contributed by atoms with Crippen molar-refractivity contribution in [3.05, 3.63) is 53.6 Å². The first-order valence-electron chi connectivity index (χ1n) is 9.07. The van der Waals surface area contributed by atoms with Crippen LogP contribution in [0.1, 0.15) is 50.3 Å². The van der Waals surface area contributed by atoms with Crippen LogP contribution >= 0.6 is 12.4 Å². The summed E-state index contributed by atoms with van der Waals surface area (Å²) in [5, 5.41) is 10.1. The van der Waals surface area contributed by atoms with Gasteiger partial charge < -0.3 is 20.7 Å². The van der Waals surface area contributed by atoms with Gasteiger partial charge in [-0.05, 0) is 11.0 Å². The molecule has 0 radical (unpaired) electrons.